The van der Waals surface area contributed by atoms with Crippen LogP contribution in [-0.2, 0) is 0 Å². The summed E-state index contributed by atoms with van der Waals surface area (Å²) in [5, 5.41) is 18.7. The maximum atomic E-state index is 1.96. The van der Waals surface area contributed by atoms with Crippen LogP contribution in [0.5, 0.6) is 0 Å². The normalized spacial score (nSPS) is 42.0. The number of hydrogen-bond acceptors (Lipinski definition) is 0. The van der Waals surface area contributed by atoms with Crippen molar-refractivity contribution >= 4 is 53.9 Å². The Hall–Kier alpha value is -2.60. The molecule has 10 aliphatic carbocycles. The molecule has 10 aliphatic rings. The lowest BCUT2D eigenvalue weighted by molar-refractivity contribution is 0.319. The fourth-order valence-corrected chi connectivity index (χ4v) is 16.4. The monoisotopic (exact) mass is 510 g/mol. The summed E-state index contributed by atoms with van der Waals surface area (Å²) in [4.78, 5) is 0. The summed E-state index contributed by atoms with van der Waals surface area (Å²) in [6.45, 7) is 0. The van der Waals surface area contributed by atoms with Gasteiger partial charge in [0.25, 0.3) is 0 Å². The van der Waals surface area contributed by atoms with Crippen LogP contribution in [0, 0.1) is 0 Å². The Morgan fingerprint density at radius 1 is 0.175 bits per heavy atom. The Bertz CT molecular complexity index is 1860. The predicted octanol–water partition coefficient (Wildman–Crippen LogP) is 10.6. The zero-order valence-corrected chi connectivity index (χ0v) is 22.8. The van der Waals surface area contributed by atoms with Crippen LogP contribution >= 0.6 is 0 Å². The van der Waals surface area contributed by atoms with E-state index in [-0.39, 0.29) is 0 Å². The predicted molar refractivity (Wildman–Crippen MR) is 161 cm³/mol. The van der Waals surface area contributed by atoms with E-state index >= 15 is 0 Å². The summed E-state index contributed by atoms with van der Waals surface area (Å²) in [6, 6.07) is 0. The molecular formula is C40H30. The number of benzene rings is 5. The number of fused-ring (bicyclic) bond motifs is 5. The lowest BCUT2D eigenvalue weighted by Crippen LogP contribution is -2.24. The molecule has 6 aromatic carbocycles. The minimum absolute atomic E-state index is 0.848. The molecule has 16 rings (SSSR count). The molecule has 0 aromatic heterocycles. The minimum Gasteiger partial charge on any atom is -0.0451 e. The molecule has 10 atom stereocenters. The first-order valence-corrected chi connectivity index (χ1v) is 17.4. The van der Waals surface area contributed by atoms with Crippen molar-refractivity contribution in [1.29, 1.82) is 0 Å². The second-order valence-corrected chi connectivity index (χ2v) is 16.8. The van der Waals surface area contributed by atoms with Crippen LogP contribution in [0.25, 0.3) is 53.9 Å². The zero-order valence-electron chi connectivity index (χ0n) is 22.8. The first-order valence-electron chi connectivity index (χ1n) is 17.4. The van der Waals surface area contributed by atoms with E-state index < -0.39 is 0 Å². The SMILES string of the molecule is C1CC2c3c4c5c6c7c8c9c%10c%11c%12c%13c%14c%15c(c3c3c5c8c%11c%143)C2CCC%15C%13CCC%12C%10CCC9C7CCC6C14. The average Bonchev–Trinajstić information content (AvgIpc) is 3.79. The fraction of sp³-hybridized carbons (Fsp3) is 0.500. The van der Waals surface area contributed by atoms with Crippen molar-refractivity contribution in [1.82, 2.24) is 0 Å². The van der Waals surface area contributed by atoms with Gasteiger partial charge in [0.2, 0.25) is 0 Å². The van der Waals surface area contributed by atoms with E-state index in [0.29, 0.717) is 0 Å². The van der Waals surface area contributed by atoms with Gasteiger partial charge in [-0.2, -0.15) is 0 Å². The topological polar surface area (TPSA) is 0 Å². The van der Waals surface area contributed by atoms with E-state index in [1.807, 2.05) is 109 Å². The maximum Gasteiger partial charge on any atom is -0.000747 e. The van der Waals surface area contributed by atoms with Crippen molar-refractivity contribution in [2.45, 2.75) is 123 Å². The fourth-order valence-electron chi connectivity index (χ4n) is 16.4. The highest BCUT2D eigenvalue weighted by atomic mass is 14.6. The summed E-state index contributed by atoms with van der Waals surface area (Å²) in [5.74, 6) is 8.48. The van der Waals surface area contributed by atoms with Crippen molar-refractivity contribution in [3.8, 4) is 0 Å². The molecule has 10 unspecified atom stereocenters. The van der Waals surface area contributed by atoms with Gasteiger partial charge in [0.1, 0.15) is 0 Å². The molecule has 0 fully saturated rings. The molecule has 0 bridgehead atoms. The molecule has 0 saturated carbocycles. The van der Waals surface area contributed by atoms with E-state index in [1.165, 1.54) is 64.2 Å². The van der Waals surface area contributed by atoms with E-state index in [0.717, 1.165) is 59.2 Å². The van der Waals surface area contributed by atoms with Gasteiger partial charge in [-0.3, -0.25) is 0 Å². The van der Waals surface area contributed by atoms with Gasteiger partial charge in [0.05, 0.1) is 0 Å². The van der Waals surface area contributed by atoms with Crippen LogP contribution in [0.15, 0.2) is 0 Å². The first kappa shape index (κ1) is 18.0. The molecule has 0 N–H and O–H groups in total. The van der Waals surface area contributed by atoms with Gasteiger partial charge in [-0.15, -0.1) is 0 Å². The van der Waals surface area contributed by atoms with Crippen molar-refractivity contribution in [3.05, 3.63) is 55.6 Å². The first-order chi connectivity index (χ1) is 19.9. The maximum absolute atomic E-state index is 1.96. The van der Waals surface area contributed by atoms with Gasteiger partial charge in [-0.25, -0.2) is 0 Å². The van der Waals surface area contributed by atoms with Gasteiger partial charge in [-0.1, -0.05) is 0 Å². The quantitative estimate of drug-likeness (QED) is 0.178. The highest BCUT2D eigenvalue weighted by Gasteiger charge is 2.60. The zero-order chi connectivity index (χ0) is 24.4. The second kappa shape index (κ2) is 4.81. The van der Waals surface area contributed by atoms with Gasteiger partial charge >= 0.3 is 0 Å². The summed E-state index contributed by atoms with van der Waals surface area (Å²) < 4.78 is 0. The molecule has 6 aromatic rings. The van der Waals surface area contributed by atoms with Crippen LogP contribution in [0.3, 0.4) is 0 Å². The van der Waals surface area contributed by atoms with Crippen molar-refractivity contribution in [2.24, 2.45) is 0 Å². The van der Waals surface area contributed by atoms with Crippen LogP contribution < -0.4 is 0 Å². The van der Waals surface area contributed by atoms with E-state index in [4.69, 9.17) is 0 Å². The van der Waals surface area contributed by atoms with Crippen LogP contribution in [0.1, 0.15) is 179 Å². The standard InChI is InChI=1S/C40H30/c1-2-12-14-5-6-16-18-9-10-20-19-8-7-17-15-4-3-13-11(1)21-22(12)32-24(14)26(16)34-29(18)30(20)35-28(19)27(17)33-25(15)23(13)31(21)36-37(32)39(34)40(35)38(33)36/h11-20H,1-10H2. The van der Waals surface area contributed by atoms with Crippen molar-refractivity contribution in [2.75, 3.05) is 0 Å². The largest absolute Gasteiger partial charge is 0.0451 e. The summed E-state index contributed by atoms with van der Waals surface area (Å²) in [6.07, 6.45) is 14.9. The molecule has 0 saturated heterocycles. The highest BCUT2D eigenvalue weighted by molar-refractivity contribution is 6.48. The van der Waals surface area contributed by atoms with Crippen molar-refractivity contribution < 1.29 is 0 Å². The minimum atomic E-state index is 0.848. The average molecular weight is 511 g/mol. The van der Waals surface area contributed by atoms with Crippen LogP contribution in [0.2, 0.25) is 0 Å². The molecule has 0 heterocycles. The molecule has 190 valence electrons. The van der Waals surface area contributed by atoms with Gasteiger partial charge in [-0.05, 0) is 233 Å². The molecule has 0 amide bonds. The van der Waals surface area contributed by atoms with Crippen LogP contribution in [0.4, 0.5) is 0 Å². The van der Waals surface area contributed by atoms with E-state index in [9.17, 15) is 0 Å². The lowest BCUT2D eigenvalue weighted by atomic mass is 9.64. The molecule has 0 heteroatoms. The Labute approximate surface area is 232 Å². The third-order valence-corrected chi connectivity index (χ3v) is 16.7. The smallest absolute Gasteiger partial charge is 0.000747 e. The Morgan fingerprint density at radius 2 is 0.300 bits per heavy atom. The molecular weight excluding hydrogens is 480 g/mol. The van der Waals surface area contributed by atoms with E-state index in [2.05, 4.69) is 0 Å². The van der Waals surface area contributed by atoms with Gasteiger partial charge < -0.3 is 0 Å². The molecule has 0 radical (unpaired) electrons. The number of hydrogen-bond donors (Lipinski definition) is 0. The lowest BCUT2D eigenvalue weighted by Gasteiger charge is -2.39. The third-order valence-electron chi connectivity index (χ3n) is 16.7. The summed E-state index contributed by atoms with van der Waals surface area (Å²) in [5.41, 5.74) is 19.6. The highest BCUT2D eigenvalue weighted by Crippen LogP contribution is 2.79. The summed E-state index contributed by atoms with van der Waals surface area (Å²) in [7, 11) is 0. The molecule has 0 nitrogen and oxygen atoms in total. The Balaban J connectivity index is 1.36. The Morgan fingerprint density at radius 3 is 0.425 bits per heavy atom. The van der Waals surface area contributed by atoms with Crippen molar-refractivity contribution in [3.63, 3.8) is 0 Å². The van der Waals surface area contributed by atoms with Gasteiger partial charge in [0.15, 0.2) is 0 Å². The van der Waals surface area contributed by atoms with Gasteiger partial charge in [0, 0.05) is 0 Å². The Kier molecular flexibility index (Phi) is 2.17. The molecule has 0 aliphatic heterocycles. The second-order valence-electron chi connectivity index (χ2n) is 16.8. The van der Waals surface area contributed by atoms with E-state index in [1.54, 1.807) is 0 Å². The molecule has 0 spiro atoms. The summed E-state index contributed by atoms with van der Waals surface area (Å²) >= 11 is 0. The third kappa shape index (κ3) is 1.26. The molecule has 40 heavy (non-hydrogen) atoms. The number of rotatable bonds is 0. The van der Waals surface area contributed by atoms with Crippen LogP contribution in [-0.4, -0.2) is 0 Å².